The summed E-state index contributed by atoms with van der Waals surface area (Å²) in [6.45, 7) is 0. The molecule has 0 saturated carbocycles. The SMILES string of the molecule is c1ccc(-c2ccc(N(c3ccccc3)c3ccc4sc5cc(C6(c7ccccc7)c7ccccc7-c7ccccc76)ccc5c4c3)cc2)cc1. The van der Waals surface area contributed by atoms with Crippen LogP contribution < -0.4 is 4.90 Å². The van der Waals surface area contributed by atoms with Crippen molar-refractivity contribution in [2.45, 2.75) is 5.41 Å². The molecular formula is C49H33NS. The summed E-state index contributed by atoms with van der Waals surface area (Å²) in [7, 11) is 0. The summed E-state index contributed by atoms with van der Waals surface area (Å²) in [6, 6.07) is 73.3. The van der Waals surface area contributed by atoms with Gasteiger partial charge in [0.15, 0.2) is 0 Å². The van der Waals surface area contributed by atoms with Crippen molar-refractivity contribution in [1.29, 1.82) is 0 Å². The highest BCUT2D eigenvalue weighted by Gasteiger charge is 2.45. The number of nitrogens with zero attached hydrogens (tertiary/aromatic N) is 1. The van der Waals surface area contributed by atoms with Gasteiger partial charge in [0.25, 0.3) is 0 Å². The molecule has 1 aromatic heterocycles. The molecule has 2 heteroatoms. The summed E-state index contributed by atoms with van der Waals surface area (Å²) < 4.78 is 2.59. The quantitative estimate of drug-likeness (QED) is 0.171. The van der Waals surface area contributed by atoms with Crippen molar-refractivity contribution in [3.8, 4) is 22.3 Å². The second kappa shape index (κ2) is 12.0. The van der Waals surface area contributed by atoms with Gasteiger partial charge in [-0.25, -0.2) is 0 Å². The summed E-state index contributed by atoms with van der Waals surface area (Å²) in [6.07, 6.45) is 0. The Hall–Kier alpha value is -6.22. The molecule has 8 aromatic carbocycles. The van der Waals surface area contributed by atoms with Crippen LogP contribution in [0.5, 0.6) is 0 Å². The van der Waals surface area contributed by atoms with Crippen LogP contribution in [-0.4, -0.2) is 0 Å². The first kappa shape index (κ1) is 29.7. The van der Waals surface area contributed by atoms with E-state index in [0.717, 1.165) is 17.1 Å². The smallest absolute Gasteiger partial charge is 0.0714 e. The van der Waals surface area contributed by atoms with Crippen molar-refractivity contribution in [3.63, 3.8) is 0 Å². The van der Waals surface area contributed by atoms with Crippen LogP contribution in [0.1, 0.15) is 22.3 Å². The first-order valence-electron chi connectivity index (χ1n) is 17.5. The van der Waals surface area contributed by atoms with Crippen LogP contribution in [0.25, 0.3) is 42.4 Å². The minimum Gasteiger partial charge on any atom is -0.310 e. The molecule has 0 amide bonds. The van der Waals surface area contributed by atoms with E-state index in [1.165, 1.54) is 64.7 Å². The molecule has 51 heavy (non-hydrogen) atoms. The molecule has 0 saturated heterocycles. The Morgan fingerprint density at radius 1 is 0.353 bits per heavy atom. The highest BCUT2D eigenvalue weighted by Crippen LogP contribution is 2.56. The average Bonchev–Trinajstić information content (AvgIpc) is 3.72. The third kappa shape index (κ3) is 4.68. The molecule has 1 aliphatic rings. The summed E-state index contributed by atoms with van der Waals surface area (Å²) in [5.74, 6) is 0. The molecular weight excluding hydrogens is 635 g/mol. The zero-order valence-electron chi connectivity index (χ0n) is 27.9. The topological polar surface area (TPSA) is 3.24 Å². The van der Waals surface area contributed by atoms with E-state index in [2.05, 4.69) is 205 Å². The summed E-state index contributed by atoms with van der Waals surface area (Å²) in [5.41, 5.74) is 13.4. The van der Waals surface area contributed by atoms with Crippen LogP contribution in [0.2, 0.25) is 0 Å². The molecule has 0 aliphatic heterocycles. The van der Waals surface area contributed by atoms with E-state index in [4.69, 9.17) is 0 Å². The summed E-state index contributed by atoms with van der Waals surface area (Å²) in [4.78, 5) is 2.36. The average molecular weight is 668 g/mol. The first-order valence-corrected chi connectivity index (χ1v) is 18.3. The van der Waals surface area contributed by atoms with Crippen molar-refractivity contribution in [1.82, 2.24) is 0 Å². The van der Waals surface area contributed by atoms with Crippen molar-refractivity contribution >= 4 is 48.6 Å². The molecule has 0 spiro atoms. The van der Waals surface area contributed by atoms with Crippen molar-refractivity contribution in [2.24, 2.45) is 0 Å². The summed E-state index contributed by atoms with van der Waals surface area (Å²) in [5, 5.41) is 2.57. The fourth-order valence-corrected chi connectivity index (χ4v) is 9.43. The minimum atomic E-state index is -0.403. The molecule has 0 bridgehead atoms. The van der Waals surface area contributed by atoms with Gasteiger partial charge in [-0.15, -0.1) is 11.3 Å². The van der Waals surface area contributed by atoms with E-state index in [9.17, 15) is 0 Å². The molecule has 0 atom stereocenters. The van der Waals surface area contributed by atoms with Crippen molar-refractivity contribution in [2.75, 3.05) is 4.90 Å². The van der Waals surface area contributed by atoms with Gasteiger partial charge >= 0.3 is 0 Å². The largest absolute Gasteiger partial charge is 0.310 e. The van der Waals surface area contributed by atoms with Gasteiger partial charge in [-0.1, -0.05) is 152 Å². The number of hydrogen-bond acceptors (Lipinski definition) is 2. The highest BCUT2D eigenvalue weighted by molar-refractivity contribution is 7.25. The van der Waals surface area contributed by atoms with E-state index >= 15 is 0 Å². The van der Waals surface area contributed by atoms with Crippen LogP contribution in [-0.2, 0) is 5.41 Å². The van der Waals surface area contributed by atoms with Gasteiger partial charge in [-0.05, 0) is 93.0 Å². The fraction of sp³-hybridized carbons (Fsp3) is 0.0204. The zero-order valence-corrected chi connectivity index (χ0v) is 28.7. The van der Waals surface area contributed by atoms with Crippen LogP contribution >= 0.6 is 11.3 Å². The number of hydrogen-bond donors (Lipinski definition) is 0. The second-order valence-corrected chi connectivity index (χ2v) is 14.4. The standard InChI is InChI=1S/C49H33NS/c1-4-14-34(15-5-1)35-24-27-39(28-25-35)50(38-18-8-3-9-19-38)40-29-31-47-44(33-40)43-30-26-37(32-48(43)51-47)49(36-16-6-2-7-17-36)45-22-12-10-20-41(45)42-21-11-13-23-46(42)49/h1-33H. The number of para-hydroxylation sites is 1. The van der Waals surface area contributed by atoms with E-state index in [-0.39, 0.29) is 0 Å². The monoisotopic (exact) mass is 667 g/mol. The lowest BCUT2D eigenvalue weighted by Gasteiger charge is -2.33. The maximum absolute atomic E-state index is 2.46. The van der Waals surface area contributed by atoms with Gasteiger partial charge in [0.1, 0.15) is 0 Å². The first-order chi connectivity index (χ1) is 25.3. The predicted octanol–water partition coefficient (Wildman–Crippen LogP) is 13.6. The molecule has 9 aromatic rings. The number of rotatable bonds is 6. The molecule has 1 heterocycles. The van der Waals surface area contributed by atoms with Gasteiger partial charge in [0, 0.05) is 37.2 Å². The predicted molar refractivity (Wildman–Crippen MR) is 217 cm³/mol. The highest BCUT2D eigenvalue weighted by atomic mass is 32.1. The number of thiophene rings is 1. The minimum absolute atomic E-state index is 0.403. The van der Waals surface area contributed by atoms with Crippen molar-refractivity contribution < 1.29 is 0 Å². The van der Waals surface area contributed by atoms with Crippen molar-refractivity contribution in [3.05, 3.63) is 222 Å². The molecule has 0 radical (unpaired) electrons. The molecule has 1 aliphatic carbocycles. The zero-order chi connectivity index (χ0) is 33.8. The molecule has 0 fully saturated rings. The molecule has 10 rings (SSSR count). The van der Waals surface area contributed by atoms with Crippen LogP contribution in [0.4, 0.5) is 17.1 Å². The maximum atomic E-state index is 2.46. The third-order valence-electron chi connectivity index (χ3n) is 10.6. The van der Waals surface area contributed by atoms with Gasteiger partial charge in [-0.3, -0.25) is 0 Å². The normalized spacial score (nSPS) is 12.9. The molecule has 0 N–H and O–H groups in total. The van der Waals surface area contributed by atoms with Gasteiger partial charge < -0.3 is 4.90 Å². The van der Waals surface area contributed by atoms with E-state index < -0.39 is 5.41 Å². The Morgan fingerprint density at radius 2 is 0.902 bits per heavy atom. The van der Waals surface area contributed by atoms with Crippen LogP contribution in [0.3, 0.4) is 0 Å². The van der Waals surface area contributed by atoms with Gasteiger partial charge in [0.05, 0.1) is 5.41 Å². The van der Waals surface area contributed by atoms with Gasteiger partial charge in [-0.2, -0.15) is 0 Å². The lowest BCUT2D eigenvalue weighted by atomic mass is 9.67. The van der Waals surface area contributed by atoms with Crippen LogP contribution in [0, 0.1) is 0 Å². The lowest BCUT2D eigenvalue weighted by molar-refractivity contribution is 0.770. The molecule has 240 valence electrons. The fourth-order valence-electron chi connectivity index (χ4n) is 8.31. The lowest BCUT2D eigenvalue weighted by Crippen LogP contribution is -2.28. The Kier molecular flexibility index (Phi) is 6.97. The Bertz CT molecular complexity index is 2630. The van der Waals surface area contributed by atoms with Crippen LogP contribution in [0.15, 0.2) is 200 Å². The Labute approximate surface area is 302 Å². The Morgan fingerprint density at radius 3 is 1.59 bits per heavy atom. The summed E-state index contributed by atoms with van der Waals surface area (Å²) >= 11 is 1.88. The molecule has 1 nitrogen and oxygen atoms in total. The number of benzene rings is 8. The Balaban J connectivity index is 1.13. The second-order valence-electron chi connectivity index (χ2n) is 13.3. The van der Waals surface area contributed by atoms with E-state index in [1.807, 2.05) is 11.3 Å². The van der Waals surface area contributed by atoms with E-state index in [1.54, 1.807) is 0 Å². The van der Waals surface area contributed by atoms with Gasteiger partial charge in [0.2, 0.25) is 0 Å². The maximum Gasteiger partial charge on any atom is 0.0714 e. The third-order valence-corrected chi connectivity index (χ3v) is 11.7. The molecule has 0 unspecified atom stereocenters. The number of fused-ring (bicyclic) bond motifs is 6. The number of anilines is 3. The van der Waals surface area contributed by atoms with E-state index in [0.29, 0.717) is 0 Å².